The summed E-state index contributed by atoms with van der Waals surface area (Å²) in [6.07, 6.45) is 0.487. The van der Waals surface area contributed by atoms with Crippen LogP contribution in [0.3, 0.4) is 0 Å². The van der Waals surface area contributed by atoms with Gasteiger partial charge in [0.2, 0.25) is 0 Å². The maximum absolute atomic E-state index is 10.4. The molecule has 0 unspecified atom stereocenters. The number of nitrogens with two attached hydrogens (primary N) is 2. The Morgan fingerprint density at radius 1 is 1.48 bits per heavy atom. The summed E-state index contributed by atoms with van der Waals surface area (Å²) in [6.45, 7) is 2.82. The molecule has 2 atom stereocenters. The third-order valence-corrected chi connectivity index (χ3v) is 3.36. The summed E-state index contributed by atoms with van der Waals surface area (Å²) in [5.74, 6) is -1.69. The minimum absolute atomic E-state index is 0.0787. The lowest BCUT2D eigenvalue weighted by atomic mass is 10.1. The van der Waals surface area contributed by atoms with Gasteiger partial charge in [0, 0.05) is 17.9 Å². The Labute approximate surface area is 127 Å². The number of carbonyl (C=O) groups excluding carboxylic acids is 2. The highest BCUT2D eigenvalue weighted by Crippen LogP contribution is 2.19. The Balaban J connectivity index is 0.000000235. The summed E-state index contributed by atoms with van der Waals surface area (Å²) in [5, 5.41) is 21.8. The number of halogens is 1. The highest BCUT2D eigenvalue weighted by atomic mass is 35.5. The summed E-state index contributed by atoms with van der Waals surface area (Å²) >= 11 is 5.67. The zero-order chi connectivity index (χ0) is 16.0. The van der Waals surface area contributed by atoms with Gasteiger partial charge in [0.1, 0.15) is 6.10 Å². The molecule has 0 bridgehead atoms. The van der Waals surface area contributed by atoms with E-state index >= 15 is 0 Å². The van der Waals surface area contributed by atoms with E-state index in [-0.39, 0.29) is 17.5 Å². The molecule has 1 amide bonds. The number of aliphatic carboxylic acids is 1. The minimum Gasteiger partial charge on any atom is -0.547 e. The molecule has 6 nitrogen and oxygen atoms in total. The molecule has 0 radical (unpaired) electrons. The molecule has 1 fully saturated rings. The van der Waals surface area contributed by atoms with Crippen LogP contribution in [-0.4, -0.2) is 29.6 Å². The molecular formula is C14H19ClN2O4. The van der Waals surface area contributed by atoms with Crippen LogP contribution in [0.1, 0.15) is 30.1 Å². The molecule has 116 valence electrons. The molecule has 1 heterocycles. The lowest BCUT2D eigenvalue weighted by molar-refractivity contribution is -0.657. The van der Waals surface area contributed by atoms with E-state index in [4.69, 9.17) is 22.4 Å². The van der Waals surface area contributed by atoms with Gasteiger partial charge in [-0.05, 0) is 30.2 Å². The third kappa shape index (κ3) is 5.71. The van der Waals surface area contributed by atoms with Gasteiger partial charge in [-0.25, -0.2) is 0 Å². The number of quaternary nitrogens is 1. The standard InChI is InChI=1S/C9H9ClO3.C5H10N2O/c1-5-2-6(4-7(10)3-5)8(11)9(12)13;6-5(8)4-2-1-3-7-4/h2-4,8,11H,1H3,(H,12,13);4,7H,1-3H2,(H2,6,8)/t8-;4-/m00/s1. The summed E-state index contributed by atoms with van der Waals surface area (Å²) in [5.41, 5.74) is 6.06. The van der Waals surface area contributed by atoms with Gasteiger partial charge in [0.15, 0.2) is 6.04 Å². The van der Waals surface area contributed by atoms with Crippen molar-refractivity contribution in [3.63, 3.8) is 0 Å². The second-order valence-corrected chi connectivity index (χ2v) is 5.40. The summed E-state index contributed by atoms with van der Waals surface area (Å²) in [7, 11) is 0. The van der Waals surface area contributed by atoms with E-state index in [0.29, 0.717) is 5.02 Å². The monoisotopic (exact) mass is 314 g/mol. The van der Waals surface area contributed by atoms with Gasteiger partial charge in [-0.15, -0.1) is 0 Å². The fourth-order valence-electron chi connectivity index (χ4n) is 2.09. The number of carboxylic acids is 1. The SMILES string of the molecule is Cc1cc(Cl)cc([C@H](O)C(=O)[O-])c1.NC(=O)[C@@H]1CCC[NH2+]1. The first-order valence-corrected chi connectivity index (χ1v) is 6.97. The molecule has 0 aromatic heterocycles. The molecule has 0 aliphatic carbocycles. The molecule has 1 aliphatic rings. The van der Waals surface area contributed by atoms with Crippen LogP contribution < -0.4 is 16.2 Å². The number of hydrogen-bond acceptors (Lipinski definition) is 4. The summed E-state index contributed by atoms with van der Waals surface area (Å²) in [6, 6.07) is 4.70. The van der Waals surface area contributed by atoms with Crippen LogP contribution in [0.2, 0.25) is 5.02 Å². The fraction of sp³-hybridized carbons (Fsp3) is 0.429. The molecule has 5 N–H and O–H groups in total. The molecular weight excluding hydrogens is 296 g/mol. The fourth-order valence-corrected chi connectivity index (χ4v) is 2.39. The Morgan fingerprint density at radius 2 is 2.14 bits per heavy atom. The maximum Gasteiger partial charge on any atom is 0.275 e. The normalized spacial score (nSPS) is 18.5. The molecule has 2 rings (SSSR count). The first kappa shape index (κ1) is 17.4. The minimum atomic E-state index is -1.61. The quantitative estimate of drug-likeness (QED) is 0.637. The zero-order valence-electron chi connectivity index (χ0n) is 11.7. The van der Waals surface area contributed by atoms with Crippen LogP contribution in [0.15, 0.2) is 18.2 Å². The van der Waals surface area contributed by atoms with E-state index in [0.717, 1.165) is 24.9 Å². The summed E-state index contributed by atoms with van der Waals surface area (Å²) in [4.78, 5) is 20.7. The average molecular weight is 315 g/mol. The smallest absolute Gasteiger partial charge is 0.275 e. The van der Waals surface area contributed by atoms with Crippen molar-refractivity contribution in [2.75, 3.05) is 6.54 Å². The number of carbonyl (C=O) groups is 2. The first-order chi connectivity index (χ1) is 9.81. The Bertz CT molecular complexity index is 495. The van der Waals surface area contributed by atoms with Crippen molar-refractivity contribution < 1.29 is 25.1 Å². The summed E-state index contributed by atoms with van der Waals surface area (Å²) < 4.78 is 0. The number of primary amides is 1. The van der Waals surface area contributed by atoms with Crippen LogP contribution in [0.5, 0.6) is 0 Å². The number of aliphatic hydroxyl groups excluding tert-OH is 1. The number of rotatable bonds is 3. The van der Waals surface area contributed by atoms with E-state index < -0.39 is 12.1 Å². The zero-order valence-corrected chi connectivity index (χ0v) is 12.5. The van der Waals surface area contributed by atoms with Crippen molar-refractivity contribution in [3.05, 3.63) is 34.3 Å². The second kappa shape index (κ2) is 7.97. The van der Waals surface area contributed by atoms with Gasteiger partial charge in [-0.2, -0.15) is 0 Å². The van der Waals surface area contributed by atoms with Gasteiger partial charge < -0.3 is 26.1 Å². The molecule has 1 aliphatic heterocycles. The van der Waals surface area contributed by atoms with Crippen LogP contribution in [0, 0.1) is 6.92 Å². The molecule has 0 spiro atoms. The van der Waals surface area contributed by atoms with Gasteiger partial charge in [-0.1, -0.05) is 17.7 Å². The molecule has 1 saturated heterocycles. The van der Waals surface area contributed by atoms with E-state index in [1.807, 2.05) is 5.32 Å². The lowest BCUT2D eigenvalue weighted by Crippen LogP contribution is -2.89. The maximum atomic E-state index is 10.4. The highest BCUT2D eigenvalue weighted by Gasteiger charge is 2.22. The van der Waals surface area contributed by atoms with Crippen LogP contribution in [0.25, 0.3) is 0 Å². The van der Waals surface area contributed by atoms with Gasteiger partial charge in [-0.3, -0.25) is 4.79 Å². The number of carboxylic acid groups (broad SMARTS) is 1. The Morgan fingerprint density at radius 3 is 2.52 bits per heavy atom. The lowest BCUT2D eigenvalue weighted by Gasteiger charge is -2.12. The average Bonchev–Trinajstić information content (AvgIpc) is 2.91. The number of aryl methyl sites for hydroxylation is 1. The number of aliphatic hydroxyl groups is 1. The molecule has 21 heavy (non-hydrogen) atoms. The van der Waals surface area contributed by atoms with E-state index in [1.165, 1.54) is 6.07 Å². The number of benzene rings is 1. The van der Waals surface area contributed by atoms with Crippen LogP contribution >= 0.6 is 11.6 Å². The predicted octanol–water partition coefficient (Wildman–Crippen LogP) is -1.37. The van der Waals surface area contributed by atoms with Crippen molar-refractivity contribution in [1.82, 2.24) is 0 Å². The molecule has 7 heteroatoms. The van der Waals surface area contributed by atoms with Gasteiger partial charge in [0.05, 0.1) is 12.5 Å². The number of amides is 1. The van der Waals surface area contributed by atoms with Gasteiger partial charge in [0.25, 0.3) is 5.91 Å². The van der Waals surface area contributed by atoms with Crippen LogP contribution in [0.4, 0.5) is 0 Å². The Hall–Kier alpha value is -1.63. The van der Waals surface area contributed by atoms with Crippen molar-refractivity contribution in [3.8, 4) is 0 Å². The van der Waals surface area contributed by atoms with Crippen molar-refractivity contribution >= 4 is 23.5 Å². The van der Waals surface area contributed by atoms with Crippen molar-refractivity contribution in [1.29, 1.82) is 0 Å². The predicted molar refractivity (Wildman–Crippen MR) is 75.2 cm³/mol. The largest absolute Gasteiger partial charge is 0.547 e. The molecule has 1 aromatic carbocycles. The second-order valence-electron chi connectivity index (χ2n) is 4.96. The first-order valence-electron chi connectivity index (χ1n) is 6.60. The Kier molecular flexibility index (Phi) is 6.61. The van der Waals surface area contributed by atoms with Gasteiger partial charge >= 0.3 is 0 Å². The van der Waals surface area contributed by atoms with Crippen LogP contribution in [-0.2, 0) is 9.59 Å². The van der Waals surface area contributed by atoms with Crippen molar-refractivity contribution in [2.24, 2.45) is 5.73 Å². The van der Waals surface area contributed by atoms with E-state index in [2.05, 4.69) is 0 Å². The van der Waals surface area contributed by atoms with E-state index in [9.17, 15) is 14.7 Å². The third-order valence-electron chi connectivity index (χ3n) is 3.14. The van der Waals surface area contributed by atoms with E-state index in [1.54, 1.807) is 19.1 Å². The number of hydrogen-bond donors (Lipinski definition) is 3. The molecule has 1 aromatic rings. The highest BCUT2D eigenvalue weighted by molar-refractivity contribution is 6.30. The topological polar surface area (TPSA) is 120 Å². The van der Waals surface area contributed by atoms with Crippen molar-refractivity contribution in [2.45, 2.75) is 31.9 Å². The molecule has 0 saturated carbocycles.